The van der Waals surface area contributed by atoms with Crippen LogP contribution in [0.3, 0.4) is 0 Å². The van der Waals surface area contributed by atoms with Gasteiger partial charge in [-0.3, -0.25) is 38.9 Å². The molecule has 1 saturated heterocycles. The maximum absolute atomic E-state index is 14.3. The molecule has 0 spiro atoms. The van der Waals surface area contributed by atoms with Crippen molar-refractivity contribution >= 4 is 58.6 Å². The van der Waals surface area contributed by atoms with Gasteiger partial charge in [-0.1, -0.05) is 43.7 Å². The summed E-state index contributed by atoms with van der Waals surface area (Å²) >= 11 is 6.35. The van der Waals surface area contributed by atoms with Crippen molar-refractivity contribution in [3.05, 3.63) is 133 Å². The lowest BCUT2D eigenvalue weighted by molar-refractivity contribution is -0.138. The van der Waals surface area contributed by atoms with Crippen LogP contribution in [0.15, 0.2) is 66.7 Å². The average molecular weight is 921 g/mol. The summed E-state index contributed by atoms with van der Waals surface area (Å²) in [6.45, 7) is 0.874. The van der Waals surface area contributed by atoms with Crippen LogP contribution in [0.2, 0.25) is 5.02 Å². The average Bonchev–Trinajstić information content (AvgIpc) is 3.77. The van der Waals surface area contributed by atoms with E-state index in [-0.39, 0.29) is 82.7 Å². The van der Waals surface area contributed by atoms with Crippen LogP contribution in [0.5, 0.6) is 0 Å². The van der Waals surface area contributed by atoms with Crippen LogP contribution in [0, 0.1) is 11.6 Å². The van der Waals surface area contributed by atoms with Gasteiger partial charge in [0.05, 0.1) is 11.6 Å². The van der Waals surface area contributed by atoms with Crippen molar-refractivity contribution in [2.24, 2.45) is 0 Å². The number of anilines is 1. The zero-order valence-corrected chi connectivity index (χ0v) is 35.3. The highest BCUT2D eigenvalue weighted by molar-refractivity contribution is 6.31. The van der Waals surface area contributed by atoms with Gasteiger partial charge in [-0.2, -0.15) is 13.2 Å². The zero-order chi connectivity index (χ0) is 46.6. The van der Waals surface area contributed by atoms with Gasteiger partial charge >= 0.3 is 6.18 Å². The molecule has 3 aliphatic rings. The van der Waals surface area contributed by atoms with Gasteiger partial charge in [0.15, 0.2) is 0 Å². The van der Waals surface area contributed by atoms with Gasteiger partial charge in [0.1, 0.15) is 17.7 Å². The number of amides is 7. The van der Waals surface area contributed by atoms with E-state index in [2.05, 4.69) is 26.6 Å². The van der Waals surface area contributed by atoms with Crippen molar-refractivity contribution in [1.82, 2.24) is 26.2 Å². The maximum atomic E-state index is 14.3. The monoisotopic (exact) mass is 920 g/mol. The molecule has 13 nitrogen and oxygen atoms in total. The smallest absolute Gasteiger partial charge is 0.352 e. The Morgan fingerprint density at radius 2 is 1.38 bits per heavy atom. The highest BCUT2D eigenvalue weighted by atomic mass is 35.5. The summed E-state index contributed by atoms with van der Waals surface area (Å²) in [4.78, 5) is 91.0. The number of carbonyl (C=O) groups excluding carboxylic acids is 7. The number of benzene rings is 4. The van der Waals surface area contributed by atoms with Crippen LogP contribution in [0.25, 0.3) is 0 Å². The molecule has 7 rings (SSSR count). The van der Waals surface area contributed by atoms with E-state index in [1.54, 1.807) is 18.2 Å². The molecule has 0 aliphatic carbocycles. The lowest BCUT2D eigenvalue weighted by Gasteiger charge is -2.29. The van der Waals surface area contributed by atoms with Crippen LogP contribution in [0.1, 0.15) is 138 Å². The zero-order valence-electron chi connectivity index (χ0n) is 34.6. The summed E-state index contributed by atoms with van der Waals surface area (Å²) in [5.41, 5.74) is -0.747. The SMILES string of the molecule is O=C1CCC(N2Cc3cc(C(=O)NCCCCCCCCCNC(=O)c4cc(NC(=O)c5cc(F)cc(C(F)(F)F)c5)c5c(c4)C(=O)N[C@@H]5c4cc(F)ccc4Cl)ccc3C2=O)C(=O)N1. The van der Waals surface area contributed by atoms with Crippen molar-refractivity contribution in [3.8, 4) is 0 Å². The van der Waals surface area contributed by atoms with Crippen LogP contribution < -0.4 is 26.6 Å². The molecule has 1 unspecified atom stereocenters. The Kier molecular flexibility index (Phi) is 14.0. The van der Waals surface area contributed by atoms with Crippen molar-refractivity contribution in [3.63, 3.8) is 0 Å². The number of piperidine rings is 1. The molecular formula is C46H42ClF5N6O7. The Bertz CT molecular complexity index is 2610. The third kappa shape index (κ3) is 10.6. The third-order valence-electron chi connectivity index (χ3n) is 11.5. The number of imide groups is 1. The number of nitrogens with one attached hydrogen (secondary N) is 5. The van der Waals surface area contributed by atoms with Crippen molar-refractivity contribution < 1.29 is 55.5 Å². The highest BCUT2D eigenvalue weighted by Crippen LogP contribution is 2.41. The summed E-state index contributed by atoms with van der Waals surface area (Å²) in [5.74, 6) is -5.94. The topological polar surface area (TPSA) is 183 Å². The van der Waals surface area contributed by atoms with Gasteiger partial charge in [-0.25, -0.2) is 8.78 Å². The Balaban J connectivity index is 0.874. The summed E-state index contributed by atoms with van der Waals surface area (Å²) in [6, 6.07) is 10.2. The third-order valence-corrected chi connectivity index (χ3v) is 11.8. The molecule has 19 heteroatoms. The second-order valence-electron chi connectivity index (χ2n) is 16.0. The predicted octanol–water partition coefficient (Wildman–Crippen LogP) is 7.37. The number of alkyl halides is 3. The molecule has 5 N–H and O–H groups in total. The first kappa shape index (κ1) is 46.3. The maximum Gasteiger partial charge on any atom is 0.416 e. The van der Waals surface area contributed by atoms with Crippen molar-refractivity contribution in [2.75, 3.05) is 18.4 Å². The number of rotatable bonds is 16. The normalized spacial score (nSPS) is 16.7. The number of halogens is 6. The Labute approximate surface area is 373 Å². The summed E-state index contributed by atoms with van der Waals surface area (Å²) in [6.07, 6.45) is 1.08. The van der Waals surface area contributed by atoms with Crippen molar-refractivity contribution in [1.29, 1.82) is 0 Å². The molecule has 4 aromatic rings. The standard InChI is InChI=1S/C46H42ClF5N6O7/c47-34-11-9-29(48)22-32(34)39-38-33(43(63)57-39)19-26(20-35(38)55-42(62)25-17-28(46(50,51)52)21-30(49)18-25)41(61)54-15-7-5-3-1-2-4-6-14-53-40(60)24-8-10-31-27(16-24)23-58(45(31)65)36-12-13-37(59)56-44(36)64/h8-11,16-22,36,39H,1-7,12-15,23H2,(H,53,60)(H,54,61)(H,55,62)(H,57,63)(H,56,59,64)/t36?,39-/m1/s1. The first-order valence-corrected chi connectivity index (χ1v) is 21.3. The van der Waals surface area contributed by atoms with Crippen LogP contribution in [0.4, 0.5) is 27.6 Å². The minimum atomic E-state index is -4.96. The molecule has 65 heavy (non-hydrogen) atoms. The van der Waals surface area contributed by atoms with E-state index < -0.39 is 64.7 Å². The van der Waals surface area contributed by atoms with E-state index >= 15 is 0 Å². The summed E-state index contributed by atoms with van der Waals surface area (Å²) in [7, 11) is 0. The number of hydrogen-bond acceptors (Lipinski definition) is 7. The van der Waals surface area contributed by atoms with Gasteiger partial charge < -0.3 is 26.2 Å². The molecule has 0 saturated carbocycles. The Morgan fingerprint density at radius 1 is 0.723 bits per heavy atom. The fourth-order valence-corrected chi connectivity index (χ4v) is 8.40. The molecule has 0 aromatic heterocycles. The molecule has 0 radical (unpaired) electrons. The second kappa shape index (κ2) is 19.6. The largest absolute Gasteiger partial charge is 0.416 e. The number of fused-ring (bicyclic) bond motifs is 2. The fourth-order valence-electron chi connectivity index (χ4n) is 8.17. The predicted molar refractivity (Wildman–Crippen MR) is 226 cm³/mol. The fraction of sp³-hybridized carbons (Fsp3) is 0.326. The van der Waals surface area contributed by atoms with Crippen LogP contribution in [-0.4, -0.2) is 65.4 Å². The van der Waals surface area contributed by atoms with E-state index in [4.69, 9.17) is 11.6 Å². The first-order valence-electron chi connectivity index (χ1n) is 21.0. The quantitative estimate of drug-likeness (QED) is 0.0442. The molecule has 340 valence electrons. The van der Waals surface area contributed by atoms with Crippen molar-refractivity contribution in [2.45, 2.75) is 82.6 Å². The van der Waals surface area contributed by atoms with E-state index in [0.717, 1.165) is 50.7 Å². The van der Waals surface area contributed by atoms with Gasteiger partial charge in [0.25, 0.3) is 29.5 Å². The Hall–Kier alpha value is -6.69. The minimum absolute atomic E-state index is 0.0598. The van der Waals surface area contributed by atoms with Crippen LogP contribution in [-0.2, 0) is 22.3 Å². The van der Waals surface area contributed by atoms with Crippen LogP contribution >= 0.6 is 11.6 Å². The number of nitrogens with zero attached hydrogens (tertiary/aromatic N) is 1. The lowest BCUT2D eigenvalue weighted by atomic mass is 9.94. The minimum Gasteiger partial charge on any atom is -0.352 e. The molecule has 0 bridgehead atoms. The molecule has 3 aliphatic heterocycles. The number of unbranched alkanes of at least 4 members (excludes halogenated alkanes) is 6. The van der Waals surface area contributed by atoms with Gasteiger partial charge in [-0.05, 0) is 91.6 Å². The molecule has 1 fully saturated rings. The molecule has 3 heterocycles. The molecule has 7 amide bonds. The van der Waals surface area contributed by atoms with E-state index in [1.165, 1.54) is 23.1 Å². The second-order valence-corrected chi connectivity index (χ2v) is 16.4. The van der Waals surface area contributed by atoms with E-state index in [9.17, 15) is 55.5 Å². The number of hydrogen-bond donors (Lipinski definition) is 5. The highest BCUT2D eigenvalue weighted by Gasteiger charge is 2.40. The summed E-state index contributed by atoms with van der Waals surface area (Å²) < 4.78 is 68.9. The van der Waals surface area contributed by atoms with E-state index in [1.807, 2.05) is 0 Å². The van der Waals surface area contributed by atoms with Gasteiger partial charge in [-0.15, -0.1) is 0 Å². The summed E-state index contributed by atoms with van der Waals surface area (Å²) in [5, 5.41) is 13.1. The Morgan fingerprint density at radius 3 is 2.06 bits per heavy atom. The molecular weight excluding hydrogens is 879 g/mol. The molecule has 2 atom stereocenters. The number of carbonyl (C=O) groups is 7. The van der Waals surface area contributed by atoms with E-state index in [0.29, 0.717) is 41.8 Å². The van der Waals surface area contributed by atoms with Gasteiger partial charge in [0, 0.05) is 75.7 Å². The lowest BCUT2D eigenvalue weighted by Crippen LogP contribution is -2.52. The first-order chi connectivity index (χ1) is 31.0. The van der Waals surface area contributed by atoms with Gasteiger partial charge in [0.2, 0.25) is 11.8 Å². The molecule has 4 aromatic carbocycles.